The lowest BCUT2D eigenvalue weighted by atomic mass is 10.1. The molecule has 1 amide bonds. The van der Waals surface area contributed by atoms with E-state index >= 15 is 0 Å². The molecule has 1 N–H and O–H groups in total. The Morgan fingerprint density at radius 2 is 2.00 bits per heavy atom. The van der Waals surface area contributed by atoms with Crippen molar-refractivity contribution in [1.82, 2.24) is 4.90 Å². The van der Waals surface area contributed by atoms with Crippen LogP contribution in [-0.4, -0.2) is 47.7 Å². The molecule has 21 heavy (non-hydrogen) atoms. The SMILES string of the molecule is O=C(O)[C@@H]1CCCN1C(=O)Cc1ccc2c(c1)OCCO2. The maximum Gasteiger partial charge on any atom is 0.326 e. The van der Waals surface area contributed by atoms with Crippen molar-refractivity contribution in [2.24, 2.45) is 0 Å². The molecule has 0 aromatic heterocycles. The Kier molecular flexibility index (Phi) is 3.68. The molecule has 0 spiro atoms. The number of hydrogen-bond acceptors (Lipinski definition) is 4. The number of carbonyl (C=O) groups excluding carboxylic acids is 1. The molecule has 1 aromatic carbocycles. The third-order valence-corrected chi connectivity index (χ3v) is 3.82. The molecule has 2 aliphatic rings. The molecule has 0 radical (unpaired) electrons. The first kappa shape index (κ1) is 13.7. The second-order valence-electron chi connectivity index (χ2n) is 5.24. The first-order chi connectivity index (χ1) is 10.1. The maximum atomic E-state index is 12.3. The van der Waals surface area contributed by atoms with Crippen molar-refractivity contribution in [2.75, 3.05) is 19.8 Å². The van der Waals surface area contributed by atoms with Crippen LogP contribution in [0.2, 0.25) is 0 Å². The molecule has 3 rings (SSSR count). The highest BCUT2D eigenvalue weighted by Crippen LogP contribution is 2.31. The van der Waals surface area contributed by atoms with Gasteiger partial charge in [0.15, 0.2) is 11.5 Å². The zero-order valence-electron chi connectivity index (χ0n) is 11.6. The van der Waals surface area contributed by atoms with Crippen molar-refractivity contribution >= 4 is 11.9 Å². The topological polar surface area (TPSA) is 76.1 Å². The molecule has 6 heteroatoms. The van der Waals surface area contributed by atoms with Crippen LogP contribution >= 0.6 is 0 Å². The van der Waals surface area contributed by atoms with E-state index in [0.29, 0.717) is 37.7 Å². The smallest absolute Gasteiger partial charge is 0.326 e. The van der Waals surface area contributed by atoms with Crippen LogP contribution in [0.25, 0.3) is 0 Å². The molecule has 0 unspecified atom stereocenters. The molecule has 0 saturated carbocycles. The van der Waals surface area contributed by atoms with Gasteiger partial charge >= 0.3 is 5.97 Å². The van der Waals surface area contributed by atoms with Gasteiger partial charge in [-0.1, -0.05) is 6.07 Å². The maximum absolute atomic E-state index is 12.3. The molecule has 2 aliphatic heterocycles. The van der Waals surface area contributed by atoms with Crippen molar-refractivity contribution in [3.05, 3.63) is 23.8 Å². The molecular formula is C15H17NO5. The zero-order valence-corrected chi connectivity index (χ0v) is 11.6. The van der Waals surface area contributed by atoms with Gasteiger partial charge < -0.3 is 19.5 Å². The van der Waals surface area contributed by atoms with Crippen LogP contribution in [0.3, 0.4) is 0 Å². The van der Waals surface area contributed by atoms with Crippen molar-refractivity contribution in [3.8, 4) is 11.5 Å². The molecule has 112 valence electrons. The first-order valence-corrected chi connectivity index (χ1v) is 7.06. The fourth-order valence-electron chi connectivity index (χ4n) is 2.80. The molecule has 1 saturated heterocycles. The van der Waals surface area contributed by atoms with Crippen LogP contribution in [0.4, 0.5) is 0 Å². The number of nitrogens with zero attached hydrogens (tertiary/aromatic N) is 1. The molecule has 0 aliphatic carbocycles. The van der Waals surface area contributed by atoms with Crippen LogP contribution in [0.1, 0.15) is 18.4 Å². The number of carboxylic acid groups (broad SMARTS) is 1. The van der Waals surface area contributed by atoms with E-state index in [9.17, 15) is 9.59 Å². The number of carboxylic acids is 1. The summed E-state index contributed by atoms with van der Waals surface area (Å²) in [4.78, 5) is 24.9. The average molecular weight is 291 g/mol. The summed E-state index contributed by atoms with van der Waals surface area (Å²) in [5, 5.41) is 9.13. The Morgan fingerprint density at radius 3 is 2.76 bits per heavy atom. The number of hydrogen-bond donors (Lipinski definition) is 1. The summed E-state index contributed by atoms with van der Waals surface area (Å²) in [5.74, 6) is 0.240. The van der Waals surface area contributed by atoms with E-state index in [1.54, 1.807) is 12.1 Å². The predicted octanol–water partition coefficient (Wildman–Crippen LogP) is 1.08. The van der Waals surface area contributed by atoms with Crippen LogP contribution in [0.5, 0.6) is 11.5 Å². The number of ether oxygens (including phenoxy) is 2. The van der Waals surface area contributed by atoms with E-state index in [2.05, 4.69) is 0 Å². The van der Waals surface area contributed by atoms with E-state index < -0.39 is 12.0 Å². The summed E-state index contributed by atoms with van der Waals surface area (Å²) in [7, 11) is 0. The molecule has 1 atom stereocenters. The van der Waals surface area contributed by atoms with Gasteiger partial charge in [-0.05, 0) is 30.5 Å². The first-order valence-electron chi connectivity index (χ1n) is 7.06. The van der Waals surface area contributed by atoms with Gasteiger partial charge in [0.1, 0.15) is 19.3 Å². The van der Waals surface area contributed by atoms with Crippen molar-refractivity contribution in [2.45, 2.75) is 25.3 Å². The van der Waals surface area contributed by atoms with Gasteiger partial charge in [0.05, 0.1) is 6.42 Å². The van der Waals surface area contributed by atoms with Gasteiger partial charge in [-0.25, -0.2) is 4.79 Å². The number of benzene rings is 1. The van der Waals surface area contributed by atoms with Crippen molar-refractivity contribution < 1.29 is 24.2 Å². The lowest BCUT2D eigenvalue weighted by Crippen LogP contribution is -2.41. The lowest BCUT2D eigenvalue weighted by Gasteiger charge is -2.22. The number of carbonyl (C=O) groups is 2. The summed E-state index contributed by atoms with van der Waals surface area (Å²) < 4.78 is 10.9. The van der Waals surface area contributed by atoms with E-state index in [1.807, 2.05) is 6.07 Å². The number of amides is 1. The highest BCUT2D eigenvalue weighted by Gasteiger charge is 2.33. The third kappa shape index (κ3) is 2.79. The highest BCUT2D eigenvalue weighted by atomic mass is 16.6. The average Bonchev–Trinajstić information content (AvgIpc) is 2.97. The van der Waals surface area contributed by atoms with E-state index in [-0.39, 0.29) is 12.3 Å². The number of aliphatic carboxylic acids is 1. The quantitative estimate of drug-likeness (QED) is 0.901. The lowest BCUT2D eigenvalue weighted by molar-refractivity contribution is -0.148. The fourth-order valence-corrected chi connectivity index (χ4v) is 2.80. The summed E-state index contributed by atoms with van der Waals surface area (Å²) in [6, 6.07) is 4.71. The number of likely N-dealkylation sites (tertiary alicyclic amines) is 1. The van der Waals surface area contributed by atoms with Crippen LogP contribution in [0.15, 0.2) is 18.2 Å². The minimum absolute atomic E-state index is 0.156. The van der Waals surface area contributed by atoms with Crippen LogP contribution in [-0.2, 0) is 16.0 Å². The van der Waals surface area contributed by atoms with Gasteiger partial charge in [0.2, 0.25) is 5.91 Å². The number of fused-ring (bicyclic) bond motifs is 1. The summed E-state index contributed by atoms with van der Waals surface area (Å²) >= 11 is 0. The van der Waals surface area contributed by atoms with Gasteiger partial charge in [-0.2, -0.15) is 0 Å². The Morgan fingerprint density at radius 1 is 1.24 bits per heavy atom. The molecule has 1 aromatic rings. The molecule has 1 fully saturated rings. The summed E-state index contributed by atoms with van der Waals surface area (Å²) in [6.45, 7) is 1.54. The molecule has 0 bridgehead atoms. The Bertz CT molecular complexity index is 571. The minimum atomic E-state index is -0.928. The second kappa shape index (κ2) is 5.63. The van der Waals surface area contributed by atoms with E-state index in [0.717, 1.165) is 12.0 Å². The van der Waals surface area contributed by atoms with E-state index in [1.165, 1.54) is 4.90 Å². The standard InChI is InChI=1S/C15H17NO5/c17-14(16-5-1-2-11(16)15(18)19)9-10-3-4-12-13(8-10)21-7-6-20-12/h3-4,8,11H,1-2,5-7,9H2,(H,18,19)/t11-/m0/s1. The van der Waals surface area contributed by atoms with Crippen LogP contribution < -0.4 is 9.47 Å². The molecule has 6 nitrogen and oxygen atoms in total. The summed E-state index contributed by atoms with van der Waals surface area (Å²) in [6.07, 6.45) is 1.45. The monoisotopic (exact) mass is 291 g/mol. The van der Waals surface area contributed by atoms with Crippen LogP contribution in [0, 0.1) is 0 Å². The number of rotatable bonds is 3. The fraction of sp³-hybridized carbons (Fsp3) is 0.467. The highest BCUT2D eigenvalue weighted by molar-refractivity contribution is 5.85. The van der Waals surface area contributed by atoms with Gasteiger partial charge in [0, 0.05) is 6.54 Å². The normalized spacial score (nSPS) is 20.4. The Balaban J connectivity index is 1.71. The minimum Gasteiger partial charge on any atom is -0.486 e. The predicted molar refractivity (Wildman–Crippen MR) is 73.5 cm³/mol. The summed E-state index contributed by atoms with van der Waals surface area (Å²) in [5.41, 5.74) is 0.806. The van der Waals surface area contributed by atoms with E-state index in [4.69, 9.17) is 14.6 Å². The van der Waals surface area contributed by atoms with Gasteiger partial charge in [-0.15, -0.1) is 0 Å². The molecular weight excluding hydrogens is 274 g/mol. The molecule has 2 heterocycles. The van der Waals surface area contributed by atoms with Crippen molar-refractivity contribution in [1.29, 1.82) is 0 Å². The Hall–Kier alpha value is -2.24. The Labute approximate surface area is 122 Å². The third-order valence-electron chi connectivity index (χ3n) is 3.82. The van der Waals surface area contributed by atoms with Crippen molar-refractivity contribution in [3.63, 3.8) is 0 Å². The van der Waals surface area contributed by atoms with Gasteiger partial charge in [0.25, 0.3) is 0 Å². The zero-order chi connectivity index (χ0) is 14.8. The largest absolute Gasteiger partial charge is 0.486 e. The second-order valence-corrected chi connectivity index (χ2v) is 5.24. The van der Waals surface area contributed by atoms with Gasteiger partial charge in [-0.3, -0.25) is 4.79 Å².